The first-order valence-electron chi connectivity index (χ1n) is 8.57. The summed E-state index contributed by atoms with van der Waals surface area (Å²) in [7, 11) is 0. The molecule has 0 amide bonds. The van der Waals surface area contributed by atoms with Crippen LogP contribution >= 0.6 is 11.3 Å². The Morgan fingerprint density at radius 3 is 2.31 bits per heavy atom. The first-order valence-corrected chi connectivity index (χ1v) is 9.45. The molecule has 160 valence electrons. The summed E-state index contributed by atoms with van der Waals surface area (Å²) in [5.41, 5.74) is 0.262. The van der Waals surface area contributed by atoms with E-state index >= 15 is 0 Å². The molecule has 1 saturated heterocycles. The molecule has 4 rings (SSSR count). The number of rotatable bonds is 4. The maximum Gasteiger partial charge on any atom is 0.345 e. The van der Waals surface area contributed by atoms with E-state index in [2.05, 4.69) is 0 Å². The third kappa shape index (κ3) is 8.25. The number of ether oxygens (including phenoxy) is 2. The van der Waals surface area contributed by atoms with Gasteiger partial charge in [-0.1, -0.05) is 6.07 Å². The fourth-order valence-corrected chi connectivity index (χ4v) is 3.80. The smallest absolute Gasteiger partial charge is 0.345 e. The van der Waals surface area contributed by atoms with Crippen LogP contribution in [-0.4, -0.2) is 57.7 Å². The molecule has 5 unspecified atom stereocenters. The van der Waals surface area contributed by atoms with Gasteiger partial charge in [0, 0.05) is 193 Å². The molecule has 0 bridgehead atoms. The van der Waals surface area contributed by atoms with E-state index in [1.807, 2.05) is 17.5 Å². The van der Waals surface area contributed by atoms with Crippen LogP contribution in [0, 0.1) is 176 Å². The van der Waals surface area contributed by atoms with E-state index in [4.69, 9.17) is 13.9 Å². The van der Waals surface area contributed by atoms with Crippen molar-refractivity contribution in [2.75, 3.05) is 6.61 Å². The summed E-state index contributed by atoms with van der Waals surface area (Å²) in [4.78, 5) is 13.1. The molecule has 8 nitrogen and oxygen atoms in total. The number of benzene rings is 1. The molecule has 3 aromatic rings. The van der Waals surface area contributed by atoms with Gasteiger partial charge in [-0.25, -0.2) is 4.79 Å². The molecule has 0 spiro atoms. The Labute approximate surface area is 331 Å². The fraction of sp³-hybridized carbons (Fsp3) is 0.316. The SMILES string of the molecule is O=c1oc2cc(OC3OC(CO)C(O)C(O)C3O)ccc2cc1-c1cccs1.[Ac].[Ac].[Ac].[Ac]. The van der Waals surface area contributed by atoms with Gasteiger partial charge < -0.3 is 34.3 Å². The van der Waals surface area contributed by atoms with Gasteiger partial charge in [-0.2, -0.15) is 0 Å². The minimum absolute atomic E-state index is 0. The van der Waals surface area contributed by atoms with E-state index in [9.17, 15) is 25.2 Å². The molecule has 1 aromatic carbocycles. The minimum atomic E-state index is -1.54. The Hall–Kier alpha value is 3.50. The molecule has 4 N–H and O–H groups in total. The summed E-state index contributed by atoms with van der Waals surface area (Å²) in [6.07, 6.45) is -6.92. The van der Waals surface area contributed by atoms with Crippen LogP contribution in [0.4, 0.5) is 0 Å². The molecule has 4 radical (unpaired) electrons. The summed E-state index contributed by atoms with van der Waals surface area (Å²) in [6, 6.07) is 10.2. The van der Waals surface area contributed by atoms with Gasteiger partial charge >= 0.3 is 5.63 Å². The van der Waals surface area contributed by atoms with E-state index in [1.54, 1.807) is 18.2 Å². The second kappa shape index (κ2) is 16.5. The first kappa shape index (κ1) is 35.5. The molecular formula is C19H18Ac4O8S. The molecule has 32 heavy (non-hydrogen) atoms. The Balaban J connectivity index is 0.00000240. The van der Waals surface area contributed by atoms with Crippen LogP contribution in [0.15, 0.2) is 51.0 Å². The third-order valence-electron chi connectivity index (χ3n) is 4.59. The van der Waals surface area contributed by atoms with Crippen molar-refractivity contribution in [3.05, 3.63) is 52.2 Å². The monoisotopic (exact) mass is 1310 g/mol. The van der Waals surface area contributed by atoms with E-state index < -0.39 is 42.9 Å². The van der Waals surface area contributed by atoms with Crippen molar-refractivity contribution in [2.45, 2.75) is 30.7 Å². The van der Waals surface area contributed by atoms with Gasteiger partial charge in [0.15, 0.2) is 0 Å². The zero-order valence-corrected chi connectivity index (χ0v) is 36.6. The van der Waals surface area contributed by atoms with Gasteiger partial charge in [-0.3, -0.25) is 0 Å². The van der Waals surface area contributed by atoms with Crippen LogP contribution < -0.4 is 10.4 Å². The first-order chi connectivity index (χ1) is 13.5. The van der Waals surface area contributed by atoms with E-state index in [0.717, 1.165) is 4.88 Å². The second-order valence-electron chi connectivity index (χ2n) is 6.44. The number of thiophene rings is 1. The average Bonchev–Trinajstić information content (AvgIpc) is 3.22. The van der Waals surface area contributed by atoms with E-state index in [1.165, 1.54) is 17.4 Å². The molecular weight excluding hydrogens is 1300 g/mol. The van der Waals surface area contributed by atoms with Crippen LogP contribution in [0.3, 0.4) is 0 Å². The van der Waals surface area contributed by atoms with Gasteiger partial charge in [-0.05, 0) is 29.6 Å². The van der Waals surface area contributed by atoms with Gasteiger partial charge in [0.2, 0.25) is 6.29 Å². The van der Waals surface area contributed by atoms with E-state index in [-0.39, 0.29) is 188 Å². The third-order valence-corrected chi connectivity index (χ3v) is 5.50. The average molecular weight is 1310 g/mol. The second-order valence-corrected chi connectivity index (χ2v) is 7.39. The normalized spacial score (nSPS) is 24.3. The van der Waals surface area contributed by atoms with Crippen LogP contribution in [0.25, 0.3) is 21.4 Å². The van der Waals surface area contributed by atoms with Crippen molar-refractivity contribution in [3.8, 4) is 16.2 Å². The van der Waals surface area contributed by atoms with Gasteiger partial charge in [0.05, 0.1) is 12.2 Å². The molecule has 5 atom stereocenters. The largest absolute Gasteiger partial charge is 0.462 e. The quantitative estimate of drug-likeness (QED) is 0.282. The Bertz CT molecular complexity index is 1030. The summed E-state index contributed by atoms with van der Waals surface area (Å²) < 4.78 is 16.3. The topological polar surface area (TPSA) is 130 Å². The van der Waals surface area contributed by atoms with Crippen LogP contribution in [0.2, 0.25) is 0 Å². The van der Waals surface area contributed by atoms with Gasteiger partial charge in [0.25, 0.3) is 0 Å². The van der Waals surface area contributed by atoms with Crippen molar-refractivity contribution in [1.29, 1.82) is 0 Å². The summed E-state index contributed by atoms with van der Waals surface area (Å²) in [6.45, 7) is -0.553. The molecule has 1 fully saturated rings. The molecule has 1 aliphatic heterocycles. The van der Waals surface area contributed by atoms with Crippen molar-refractivity contribution < 1.29 is 211 Å². The molecule has 0 saturated carbocycles. The van der Waals surface area contributed by atoms with Crippen molar-refractivity contribution in [3.63, 3.8) is 0 Å². The van der Waals surface area contributed by atoms with Crippen LogP contribution in [-0.2, 0) is 4.74 Å². The van der Waals surface area contributed by atoms with Crippen molar-refractivity contribution in [1.82, 2.24) is 0 Å². The zero-order valence-electron chi connectivity index (χ0n) is 16.8. The molecule has 0 aliphatic carbocycles. The van der Waals surface area contributed by atoms with Crippen molar-refractivity contribution >= 4 is 22.3 Å². The number of hydrogen-bond acceptors (Lipinski definition) is 9. The predicted molar refractivity (Wildman–Crippen MR) is 100 cm³/mol. The predicted octanol–water partition coefficient (Wildman–Crippen LogP) is 0.700. The Morgan fingerprint density at radius 2 is 1.69 bits per heavy atom. The zero-order chi connectivity index (χ0) is 19.8. The molecule has 3 heterocycles. The molecule has 2 aromatic heterocycles. The maximum absolute atomic E-state index is 12.3. The Morgan fingerprint density at radius 1 is 0.969 bits per heavy atom. The number of aliphatic hydroxyl groups is 4. The van der Waals surface area contributed by atoms with Crippen LogP contribution in [0.5, 0.6) is 5.75 Å². The minimum Gasteiger partial charge on any atom is -0.462 e. The van der Waals surface area contributed by atoms with Gasteiger partial charge in [0.1, 0.15) is 35.7 Å². The van der Waals surface area contributed by atoms with Crippen LogP contribution in [0.1, 0.15) is 0 Å². The fourth-order valence-electron chi connectivity index (χ4n) is 3.07. The number of fused-ring (bicyclic) bond motifs is 1. The van der Waals surface area contributed by atoms with E-state index in [0.29, 0.717) is 10.9 Å². The maximum atomic E-state index is 12.3. The standard InChI is InChI=1S/C19H18O8S.4Ac/c20-8-13-15(21)16(22)17(23)19(27-13)25-10-4-3-9-6-11(14-2-1-5-28-14)18(24)26-12(9)7-10;;;;/h1-7,13,15-17,19-23H,8H2;;;;. The van der Waals surface area contributed by atoms with Gasteiger partial charge in [-0.15, -0.1) is 11.3 Å². The Kier molecular flexibility index (Phi) is 18.3. The van der Waals surface area contributed by atoms with Crippen molar-refractivity contribution in [2.24, 2.45) is 0 Å². The molecule has 1 aliphatic rings. The molecule has 13 heteroatoms. The summed E-state index contributed by atoms with van der Waals surface area (Å²) in [5.74, 6) is 0.226. The number of aliphatic hydroxyl groups excluding tert-OH is 4. The number of hydrogen-bond donors (Lipinski definition) is 4. The summed E-state index contributed by atoms with van der Waals surface area (Å²) in [5, 5.41) is 41.5. The summed E-state index contributed by atoms with van der Waals surface area (Å²) >= 11 is 1.43.